The van der Waals surface area contributed by atoms with E-state index in [0.717, 1.165) is 10.0 Å². The van der Waals surface area contributed by atoms with Crippen molar-refractivity contribution in [3.63, 3.8) is 0 Å². The minimum Gasteiger partial charge on any atom is -0.457 e. The van der Waals surface area contributed by atoms with E-state index in [1.54, 1.807) is 66.7 Å². The number of esters is 1. The summed E-state index contributed by atoms with van der Waals surface area (Å²) in [5.41, 5.74) is 5.15. The normalized spacial score (nSPS) is 10.7. The molecule has 2 N–H and O–H groups in total. The summed E-state index contributed by atoms with van der Waals surface area (Å²) in [7, 11) is 0. The molecule has 0 aliphatic carbocycles. The van der Waals surface area contributed by atoms with Crippen LogP contribution in [-0.4, -0.2) is 24.0 Å². The van der Waals surface area contributed by atoms with Gasteiger partial charge in [0.1, 0.15) is 5.75 Å². The van der Waals surface area contributed by atoms with Crippen LogP contribution in [0, 0.1) is 6.92 Å². The van der Waals surface area contributed by atoms with Gasteiger partial charge in [-0.15, -0.1) is 0 Å². The van der Waals surface area contributed by atoms with Crippen LogP contribution in [0.2, 0.25) is 0 Å². The van der Waals surface area contributed by atoms with E-state index in [-0.39, 0.29) is 17.4 Å². The maximum absolute atomic E-state index is 12.6. The highest BCUT2D eigenvalue weighted by molar-refractivity contribution is 9.10. The molecule has 0 fully saturated rings. The first-order valence-electron chi connectivity index (χ1n) is 10.8. The maximum Gasteiger partial charge on any atom is 0.379 e. The van der Waals surface area contributed by atoms with Gasteiger partial charge in [0.2, 0.25) is 5.76 Å². The van der Waals surface area contributed by atoms with E-state index >= 15 is 0 Å². The second kappa shape index (κ2) is 11.3. The third kappa shape index (κ3) is 6.34. The van der Waals surface area contributed by atoms with Gasteiger partial charge < -0.3 is 14.5 Å². The zero-order chi connectivity index (χ0) is 25.5. The van der Waals surface area contributed by atoms with Crippen molar-refractivity contribution in [2.75, 3.05) is 5.32 Å². The van der Waals surface area contributed by atoms with Crippen molar-refractivity contribution in [2.24, 2.45) is 5.10 Å². The number of benzene rings is 3. The summed E-state index contributed by atoms with van der Waals surface area (Å²) in [5.74, 6) is -1.13. The molecule has 1 heterocycles. The van der Waals surface area contributed by atoms with Crippen LogP contribution >= 0.6 is 15.9 Å². The molecule has 8 nitrogen and oxygen atoms in total. The van der Waals surface area contributed by atoms with Gasteiger partial charge in [-0.1, -0.05) is 39.7 Å². The van der Waals surface area contributed by atoms with Gasteiger partial charge in [-0.05, 0) is 67.6 Å². The first-order chi connectivity index (χ1) is 17.4. The monoisotopic (exact) mass is 545 g/mol. The van der Waals surface area contributed by atoms with E-state index in [4.69, 9.17) is 9.15 Å². The number of nitrogens with zero attached hydrogens (tertiary/aromatic N) is 1. The van der Waals surface area contributed by atoms with Crippen LogP contribution in [0.25, 0.3) is 0 Å². The topological polar surface area (TPSA) is 110 Å². The Labute approximate surface area is 215 Å². The second-order valence-corrected chi connectivity index (χ2v) is 8.57. The van der Waals surface area contributed by atoms with Crippen molar-refractivity contribution in [3.05, 3.63) is 118 Å². The third-order valence-electron chi connectivity index (χ3n) is 4.93. The predicted molar refractivity (Wildman–Crippen MR) is 138 cm³/mol. The Hall–Kier alpha value is -4.50. The molecule has 0 saturated carbocycles. The van der Waals surface area contributed by atoms with Crippen LogP contribution in [0.3, 0.4) is 0 Å². The smallest absolute Gasteiger partial charge is 0.379 e. The average Bonchev–Trinajstić information content (AvgIpc) is 3.41. The number of rotatable bonds is 7. The van der Waals surface area contributed by atoms with E-state index in [1.807, 2.05) is 13.0 Å². The number of amides is 2. The molecule has 3 aromatic carbocycles. The van der Waals surface area contributed by atoms with Gasteiger partial charge in [-0.2, -0.15) is 5.10 Å². The third-order valence-corrected chi connectivity index (χ3v) is 5.42. The standard InChI is InChI=1S/C27H20BrN3O5/c1-17-5-2-6-18(13-17)25(32)30-22-8-3-7-19(15-22)26(33)31-29-16-20-14-21(28)10-11-23(20)36-27(34)24-9-4-12-35-24/h2-16H,1H3,(H,30,32)(H,31,33). The van der Waals surface area contributed by atoms with Crippen LogP contribution < -0.4 is 15.5 Å². The van der Waals surface area contributed by atoms with E-state index in [9.17, 15) is 14.4 Å². The van der Waals surface area contributed by atoms with Crippen molar-refractivity contribution in [1.82, 2.24) is 5.43 Å². The number of aryl methyl sites for hydroxylation is 1. The summed E-state index contributed by atoms with van der Waals surface area (Å²) < 4.78 is 11.2. The fourth-order valence-electron chi connectivity index (χ4n) is 3.21. The molecule has 1 aromatic heterocycles. The Balaban J connectivity index is 1.42. The van der Waals surface area contributed by atoms with Crippen LogP contribution in [0.15, 0.2) is 99.1 Å². The molecule has 180 valence electrons. The van der Waals surface area contributed by atoms with Crippen LogP contribution in [0.5, 0.6) is 5.75 Å². The molecule has 4 rings (SSSR count). The van der Waals surface area contributed by atoms with Gasteiger partial charge in [0, 0.05) is 26.9 Å². The number of carbonyl (C=O) groups excluding carboxylic acids is 3. The largest absolute Gasteiger partial charge is 0.457 e. The maximum atomic E-state index is 12.6. The summed E-state index contributed by atoms with van der Waals surface area (Å²) in [6.07, 6.45) is 2.73. The number of ether oxygens (including phenoxy) is 1. The number of hydrogen-bond donors (Lipinski definition) is 2. The number of hydrogen-bond acceptors (Lipinski definition) is 6. The van der Waals surface area contributed by atoms with Gasteiger partial charge in [-0.25, -0.2) is 10.2 Å². The highest BCUT2D eigenvalue weighted by atomic mass is 79.9. The number of halogens is 1. The van der Waals surface area contributed by atoms with Gasteiger partial charge in [0.25, 0.3) is 11.8 Å². The molecular formula is C27H20BrN3O5. The molecule has 2 amide bonds. The Morgan fingerprint density at radius 1 is 0.917 bits per heavy atom. The van der Waals surface area contributed by atoms with Gasteiger partial charge >= 0.3 is 5.97 Å². The molecule has 0 radical (unpaired) electrons. The summed E-state index contributed by atoms with van der Waals surface area (Å²) in [4.78, 5) is 37.4. The predicted octanol–water partition coefficient (Wildman–Crippen LogP) is 5.59. The lowest BCUT2D eigenvalue weighted by molar-refractivity contribution is 0.0700. The zero-order valence-electron chi connectivity index (χ0n) is 19.0. The first-order valence-corrected chi connectivity index (χ1v) is 11.5. The molecule has 0 aliphatic heterocycles. The molecule has 0 atom stereocenters. The van der Waals surface area contributed by atoms with Crippen molar-refractivity contribution in [1.29, 1.82) is 0 Å². The SMILES string of the molecule is Cc1cccc(C(=O)Nc2cccc(C(=O)NN=Cc3cc(Br)ccc3OC(=O)c3ccco3)c2)c1. The Bertz CT molecular complexity index is 1450. The molecule has 0 aliphatic rings. The number of furan rings is 1. The molecule has 0 bridgehead atoms. The van der Waals surface area contributed by atoms with E-state index in [0.29, 0.717) is 22.4 Å². The van der Waals surface area contributed by atoms with Gasteiger partial charge in [0.05, 0.1) is 12.5 Å². The number of nitrogens with one attached hydrogen (secondary N) is 2. The number of carbonyl (C=O) groups is 3. The molecule has 0 spiro atoms. The van der Waals surface area contributed by atoms with Crippen molar-refractivity contribution >= 4 is 45.6 Å². The quantitative estimate of drug-likeness (QED) is 0.136. The lowest BCUT2D eigenvalue weighted by Crippen LogP contribution is -2.18. The van der Waals surface area contributed by atoms with E-state index in [2.05, 4.69) is 31.8 Å². The van der Waals surface area contributed by atoms with Gasteiger partial charge in [-0.3, -0.25) is 9.59 Å². The second-order valence-electron chi connectivity index (χ2n) is 7.65. The molecular weight excluding hydrogens is 526 g/mol. The lowest BCUT2D eigenvalue weighted by atomic mass is 10.1. The Morgan fingerprint density at radius 3 is 2.44 bits per heavy atom. The molecule has 4 aromatic rings. The Kier molecular flexibility index (Phi) is 7.72. The van der Waals surface area contributed by atoms with Crippen LogP contribution in [-0.2, 0) is 0 Å². The highest BCUT2D eigenvalue weighted by Crippen LogP contribution is 2.23. The fourth-order valence-corrected chi connectivity index (χ4v) is 3.59. The number of anilines is 1. The van der Waals surface area contributed by atoms with Crippen LogP contribution in [0.4, 0.5) is 5.69 Å². The molecule has 0 saturated heterocycles. The summed E-state index contributed by atoms with van der Waals surface area (Å²) in [6, 6.07) is 21.8. The minimum absolute atomic E-state index is 0.0588. The molecule has 36 heavy (non-hydrogen) atoms. The molecule has 0 unspecified atom stereocenters. The van der Waals surface area contributed by atoms with Crippen LogP contribution in [0.1, 0.15) is 42.4 Å². The van der Waals surface area contributed by atoms with Crippen molar-refractivity contribution in [2.45, 2.75) is 6.92 Å². The summed E-state index contributed by atoms with van der Waals surface area (Å²) in [6.45, 7) is 1.91. The average molecular weight is 546 g/mol. The Morgan fingerprint density at radius 2 is 1.69 bits per heavy atom. The van der Waals surface area contributed by atoms with E-state index < -0.39 is 11.9 Å². The first kappa shape index (κ1) is 24.6. The summed E-state index contributed by atoms with van der Waals surface area (Å²) >= 11 is 3.36. The van der Waals surface area contributed by atoms with Gasteiger partial charge in [0.15, 0.2) is 0 Å². The lowest BCUT2D eigenvalue weighted by Gasteiger charge is -2.08. The zero-order valence-corrected chi connectivity index (χ0v) is 20.6. The van der Waals surface area contributed by atoms with Crippen molar-refractivity contribution < 1.29 is 23.5 Å². The van der Waals surface area contributed by atoms with Crippen molar-refractivity contribution in [3.8, 4) is 5.75 Å². The van der Waals surface area contributed by atoms with E-state index in [1.165, 1.54) is 18.5 Å². The summed E-state index contributed by atoms with van der Waals surface area (Å²) in [5, 5.41) is 6.78. The minimum atomic E-state index is -0.662. The molecule has 9 heteroatoms. The highest BCUT2D eigenvalue weighted by Gasteiger charge is 2.14. The fraction of sp³-hybridized carbons (Fsp3) is 0.0370. The number of hydrazone groups is 1.